The number of amides is 1. The first-order chi connectivity index (χ1) is 14.2. The van der Waals surface area contributed by atoms with Gasteiger partial charge in [-0.15, -0.1) is 0 Å². The van der Waals surface area contributed by atoms with Crippen molar-refractivity contribution < 1.29 is 27.4 Å². The fraction of sp³-hybridized carbons (Fsp3) is 0.238. The van der Waals surface area contributed by atoms with Gasteiger partial charge in [-0.05, 0) is 60.7 Å². The van der Waals surface area contributed by atoms with Crippen LogP contribution >= 0.6 is 11.8 Å². The Hall–Kier alpha value is -2.94. The van der Waals surface area contributed by atoms with E-state index in [2.05, 4.69) is 4.99 Å². The summed E-state index contributed by atoms with van der Waals surface area (Å²) in [5.74, 6) is 0.836. The van der Waals surface area contributed by atoms with Gasteiger partial charge in [0.05, 0.1) is 29.9 Å². The summed E-state index contributed by atoms with van der Waals surface area (Å²) in [7, 11) is 3.05. The Bertz CT molecular complexity index is 1020. The predicted molar refractivity (Wildman–Crippen MR) is 111 cm³/mol. The summed E-state index contributed by atoms with van der Waals surface area (Å²) in [6, 6.07) is 9.95. The van der Waals surface area contributed by atoms with Crippen LogP contribution in [-0.2, 0) is 11.0 Å². The molecule has 158 valence electrons. The van der Waals surface area contributed by atoms with Crippen molar-refractivity contribution in [2.75, 3.05) is 20.8 Å². The smallest absolute Gasteiger partial charge is 0.416 e. The standard InChI is InChI=1S/C21H19F3N2O3S/c1-4-29-16-9-8-13(10-17(16)28-3)11-18-19(27)26(2)20(30-18)25-15-7-5-6-14(12-15)21(22,23)24/h5-12H,4H2,1-3H3. The second-order valence-corrected chi connectivity index (χ2v) is 7.27. The summed E-state index contributed by atoms with van der Waals surface area (Å²) in [5.41, 5.74) is 0.0504. The van der Waals surface area contributed by atoms with Gasteiger partial charge in [-0.2, -0.15) is 13.2 Å². The Balaban J connectivity index is 1.88. The molecule has 5 nitrogen and oxygen atoms in total. The first-order valence-electron chi connectivity index (χ1n) is 8.97. The van der Waals surface area contributed by atoms with Crippen LogP contribution in [0.15, 0.2) is 52.4 Å². The molecule has 0 saturated carbocycles. The lowest BCUT2D eigenvalue weighted by Crippen LogP contribution is -2.23. The van der Waals surface area contributed by atoms with Gasteiger partial charge in [0, 0.05) is 7.05 Å². The Morgan fingerprint density at radius 2 is 1.93 bits per heavy atom. The highest BCUT2D eigenvalue weighted by Gasteiger charge is 2.32. The molecule has 1 amide bonds. The number of alkyl halides is 3. The molecular formula is C21H19F3N2O3S. The quantitative estimate of drug-likeness (QED) is 0.593. The van der Waals surface area contributed by atoms with E-state index in [1.54, 1.807) is 24.3 Å². The van der Waals surface area contributed by atoms with Gasteiger partial charge in [-0.1, -0.05) is 12.1 Å². The van der Waals surface area contributed by atoms with E-state index < -0.39 is 11.7 Å². The van der Waals surface area contributed by atoms with Gasteiger partial charge in [0.2, 0.25) is 0 Å². The van der Waals surface area contributed by atoms with Gasteiger partial charge in [-0.3, -0.25) is 9.69 Å². The molecule has 30 heavy (non-hydrogen) atoms. The zero-order valence-corrected chi connectivity index (χ0v) is 17.3. The minimum absolute atomic E-state index is 0.121. The molecule has 1 aliphatic rings. The first-order valence-corrected chi connectivity index (χ1v) is 9.79. The van der Waals surface area contributed by atoms with Crippen molar-refractivity contribution in [1.82, 2.24) is 4.90 Å². The molecule has 1 aliphatic heterocycles. The van der Waals surface area contributed by atoms with Crippen LogP contribution < -0.4 is 9.47 Å². The molecule has 0 atom stereocenters. The molecule has 9 heteroatoms. The third-order valence-electron chi connectivity index (χ3n) is 4.19. The molecular weight excluding hydrogens is 417 g/mol. The van der Waals surface area contributed by atoms with Gasteiger partial charge >= 0.3 is 6.18 Å². The van der Waals surface area contributed by atoms with E-state index in [0.717, 1.165) is 29.5 Å². The molecule has 0 N–H and O–H groups in total. The Morgan fingerprint density at radius 1 is 1.17 bits per heavy atom. The van der Waals surface area contributed by atoms with Crippen LogP contribution in [0.4, 0.5) is 18.9 Å². The number of aliphatic imine (C=N–C) groups is 1. The summed E-state index contributed by atoms with van der Waals surface area (Å²) < 4.78 is 49.6. The number of thioether (sulfide) groups is 1. The van der Waals surface area contributed by atoms with Crippen LogP contribution in [0.25, 0.3) is 6.08 Å². The Kier molecular flexibility index (Phi) is 6.40. The number of ether oxygens (including phenoxy) is 2. The Morgan fingerprint density at radius 3 is 2.60 bits per heavy atom. The van der Waals surface area contributed by atoms with Crippen LogP contribution in [0.1, 0.15) is 18.1 Å². The van der Waals surface area contributed by atoms with E-state index >= 15 is 0 Å². The van der Waals surface area contributed by atoms with E-state index in [1.807, 2.05) is 6.92 Å². The summed E-state index contributed by atoms with van der Waals surface area (Å²) in [6.45, 7) is 2.36. The SMILES string of the molecule is CCOc1ccc(C=C2SC(=Nc3cccc(C(F)(F)F)c3)N(C)C2=O)cc1OC. The van der Waals surface area contributed by atoms with Crippen LogP contribution in [0.3, 0.4) is 0 Å². The summed E-state index contributed by atoms with van der Waals surface area (Å²) >= 11 is 1.09. The number of hydrogen-bond donors (Lipinski definition) is 0. The molecule has 2 aromatic rings. The number of halogens is 3. The normalized spacial score (nSPS) is 17.1. The number of carbonyl (C=O) groups excluding carboxylic acids is 1. The highest BCUT2D eigenvalue weighted by atomic mass is 32.2. The van der Waals surface area contributed by atoms with Gasteiger partial charge in [0.15, 0.2) is 16.7 Å². The third kappa shape index (κ3) is 4.79. The molecule has 1 heterocycles. The minimum Gasteiger partial charge on any atom is -0.493 e. The van der Waals surface area contributed by atoms with Crippen molar-refractivity contribution in [3.05, 3.63) is 58.5 Å². The van der Waals surface area contributed by atoms with E-state index in [4.69, 9.17) is 9.47 Å². The number of hydrogen-bond acceptors (Lipinski definition) is 5. The fourth-order valence-corrected chi connectivity index (χ4v) is 3.70. The number of rotatable bonds is 5. The van der Waals surface area contributed by atoms with Crippen LogP contribution in [0, 0.1) is 0 Å². The number of likely N-dealkylation sites (N-methyl/N-ethyl adjacent to an activating group) is 1. The second kappa shape index (κ2) is 8.83. The van der Waals surface area contributed by atoms with Crippen molar-refractivity contribution in [2.45, 2.75) is 13.1 Å². The van der Waals surface area contributed by atoms with Crippen LogP contribution in [0.2, 0.25) is 0 Å². The summed E-state index contributed by atoms with van der Waals surface area (Å²) in [4.78, 5) is 18.5. The maximum atomic E-state index is 12.9. The van der Waals surface area contributed by atoms with E-state index in [0.29, 0.717) is 28.2 Å². The molecule has 3 rings (SSSR count). The lowest BCUT2D eigenvalue weighted by molar-refractivity contribution is -0.137. The van der Waals surface area contributed by atoms with Gasteiger partial charge < -0.3 is 9.47 Å². The first kappa shape index (κ1) is 21.8. The number of benzene rings is 2. The topological polar surface area (TPSA) is 51.1 Å². The lowest BCUT2D eigenvalue weighted by atomic mass is 10.2. The van der Waals surface area contributed by atoms with Crippen molar-refractivity contribution in [3.8, 4) is 11.5 Å². The highest BCUT2D eigenvalue weighted by Crippen LogP contribution is 2.36. The van der Waals surface area contributed by atoms with E-state index in [9.17, 15) is 18.0 Å². The zero-order valence-electron chi connectivity index (χ0n) is 16.5. The van der Waals surface area contributed by atoms with Crippen molar-refractivity contribution in [2.24, 2.45) is 4.99 Å². The van der Waals surface area contributed by atoms with Crippen LogP contribution in [-0.4, -0.2) is 36.7 Å². The van der Waals surface area contributed by atoms with Gasteiger partial charge in [0.1, 0.15) is 0 Å². The highest BCUT2D eigenvalue weighted by molar-refractivity contribution is 8.18. The average Bonchev–Trinajstić information content (AvgIpc) is 2.96. The fourth-order valence-electron chi connectivity index (χ4n) is 2.71. The van der Waals surface area contributed by atoms with E-state index in [1.165, 1.54) is 31.2 Å². The van der Waals surface area contributed by atoms with E-state index in [-0.39, 0.29) is 11.6 Å². The molecule has 0 aromatic heterocycles. The largest absolute Gasteiger partial charge is 0.493 e. The number of methoxy groups -OCH3 is 1. The van der Waals surface area contributed by atoms with Crippen LogP contribution in [0.5, 0.6) is 11.5 Å². The predicted octanol–water partition coefficient (Wildman–Crippen LogP) is 5.35. The summed E-state index contributed by atoms with van der Waals surface area (Å²) in [6.07, 6.45) is -2.78. The van der Waals surface area contributed by atoms with Gasteiger partial charge in [0.25, 0.3) is 5.91 Å². The Labute approximate surface area is 176 Å². The molecule has 0 spiro atoms. The average molecular weight is 436 g/mol. The zero-order chi connectivity index (χ0) is 21.9. The van der Waals surface area contributed by atoms with Crippen molar-refractivity contribution >= 4 is 34.6 Å². The van der Waals surface area contributed by atoms with Crippen molar-refractivity contribution in [1.29, 1.82) is 0 Å². The monoisotopic (exact) mass is 436 g/mol. The molecule has 0 radical (unpaired) electrons. The molecule has 0 bridgehead atoms. The maximum Gasteiger partial charge on any atom is 0.416 e. The molecule has 0 unspecified atom stereocenters. The molecule has 0 aliphatic carbocycles. The lowest BCUT2D eigenvalue weighted by Gasteiger charge is -2.09. The third-order valence-corrected chi connectivity index (χ3v) is 5.25. The summed E-state index contributed by atoms with van der Waals surface area (Å²) in [5, 5.41) is 0.295. The molecule has 1 saturated heterocycles. The maximum absolute atomic E-state index is 12.9. The van der Waals surface area contributed by atoms with Crippen molar-refractivity contribution in [3.63, 3.8) is 0 Å². The molecule has 2 aromatic carbocycles. The van der Waals surface area contributed by atoms with Gasteiger partial charge in [-0.25, -0.2) is 4.99 Å². The minimum atomic E-state index is -4.46. The molecule has 1 fully saturated rings. The number of nitrogens with zero attached hydrogens (tertiary/aromatic N) is 2. The number of carbonyl (C=O) groups is 1. The number of amidine groups is 1. The second-order valence-electron chi connectivity index (χ2n) is 6.26.